The second kappa shape index (κ2) is 5.67. The molecule has 1 heterocycles. The van der Waals surface area contributed by atoms with Gasteiger partial charge >= 0.3 is 0 Å². The monoisotopic (exact) mass is 179 g/mol. The molecule has 1 aromatic rings. The molecule has 0 aliphatic carbocycles. The third-order valence-corrected chi connectivity index (χ3v) is 1.96. The molecule has 1 aromatic heterocycles. The molecule has 0 radical (unpaired) electrons. The van der Waals surface area contributed by atoms with Gasteiger partial charge in [-0.25, -0.2) is 0 Å². The summed E-state index contributed by atoms with van der Waals surface area (Å²) in [5.41, 5.74) is 6.52. The van der Waals surface area contributed by atoms with Crippen molar-refractivity contribution in [1.82, 2.24) is 10.3 Å². The van der Waals surface area contributed by atoms with Gasteiger partial charge in [0, 0.05) is 18.8 Å². The quantitative estimate of drug-likeness (QED) is 0.706. The van der Waals surface area contributed by atoms with Crippen LogP contribution in [0.15, 0.2) is 24.4 Å². The summed E-state index contributed by atoms with van der Waals surface area (Å²) in [5, 5.41) is 3.36. The van der Waals surface area contributed by atoms with E-state index >= 15 is 0 Å². The van der Waals surface area contributed by atoms with Gasteiger partial charge in [-0.15, -0.1) is 0 Å². The maximum absolute atomic E-state index is 5.44. The zero-order valence-electron chi connectivity index (χ0n) is 8.03. The van der Waals surface area contributed by atoms with Crippen molar-refractivity contribution in [3.05, 3.63) is 30.1 Å². The smallest absolute Gasteiger partial charge is 0.0541 e. The van der Waals surface area contributed by atoms with E-state index in [1.807, 2.05) is 24.4 Å². The van der Waals surface area contributed by atoms with Crippen LogP contribution in [0.2, 0.25) is 0 Å². The summed E-state index contributed by atoms with van der Waals surface area (Å²) in [7, 11) is 0. The molecular formula is C10H17N3. The van der Waals surface area contributed by atoms with E-state index in [9.17, 15) is 0 Å². The highest BCUT2D eigenvalue weighted by atomic mass is 14.9. The Kier molecular flexibility index (Phi) is 4.43. The second-order valence-corrected chi connectivity index (χ2v) is 3.18. The molecule has 0 amide bonds. The van der Waals surface area contributed by atoms with Crippen LogP contribution < -0.4 is 11.1 Å². The first-order chi connectivity index (χ1) is 6.33. The Morgan fingerprint density at radius 3 is 3.00 bits per heavy atom. The third-order valence-electron chi connectivity index (χ3n) is 1.96. The van der Waals surface area contributed by atoms with E-state index in [1.54, 1.807) is 0 Å². The molecule has 1 rings (SSSR count). The first kappa shape index (κ1) is 10.2. The van der Waals surface area contributed by atoms with Crippen LogP contribution in [0.25, 0.3) is 0 Å². The third kappa shape index (κ3) is 4.01. The van der Waals surface area contributed by atoms with Crippen molar-refractivity contribution >= 4 is 0 Å². The minimum atomic E-state index is 0.465. The lowest BCUT2D eigenvalue weighted by Gasteiger charge is -2.11. The molecule has 0 saturated carbocycles. The molecule has 0 spiro atoms. The maximum Gasteiger partial charge on any atom is 0.0541 e. The summed E-state index contributed by atoms with van der Waals surface area (Å²) < 4.78 is 0. The minimum Gasteiger partial charge on any atom is -0.330 e. The number of hydrogen-bond acceptors (Lipinski definition) is 3. The van der Waals surface area contributed by atoms with Gasteiger partial charge in [-0.1, -0.05) is 6.07 Å². The number of hydrogen-bond donors (Lipinski definition) is 2. The Hall–Kier alpha value is -0.930. The molecule has 0 aliphatic heterocycles. The van der Waals surface area contributed by atoms with Gasteiger partial charge in [0.1, 0.15) is 0 Å². The van der Waals surface area contributed by atoms with Crippen LogP contribution in [-0.4, -0.2) is 17.6 Å². The van der Waals surface area contributed by atoms with Crippen molar-refractivity contribution in [3.63, 3.8) is 0 Å². The lowest BCUT2D eigenvalue weighted by atomic mass is 10.2. The Morgan fingerprint density at radius 2 is 2.38 bits per heavy atom. The van der Waals surface area contributed by atoms with E-state index in [-0.39, 0.29) is 0 Å². The molecule has 0 saturated heterocycles. The molecular weight excluding hydrogens is 162 g/mol. The molecule has 0 aromatic carbocycles. The van der Waals surface area contributed by atoms with E-state index in [0.29, 0.717) is 6.04 Å². The predicted molar refractivity (Wildman–Crippen MR) is 54.2 cm³/mol. The van der Waals surface area contributed by atoms with Gasteiger partial charge in [-0.3, -0.25) is 4.98 Å². The molecule has 1 atom stereocenters. The molecule has 0 fully saturated rings. The van der Waals surface area contributed by atoms with Gasteiger partial charge in [0.15, 0.2) is 0 Å². The van der Waals surface area contributed by atoms with Gasteiger partial charge in [-0.05, 0) is 32.0 Å². The summed E-state index contributed by atoms with van der Waals surface area (Å²) in [6.07, 6.45) is 2.82. The predicted octanol–water partition coefficient (Wildman–Crippen LogP) is 0.908. The highest BCUT2D eigenvalue weighted by Crippen LogP contribution is 1.94. The van der Waals surface area contributed by atoms with E-state index in [4.69, 9.17) is 5.73 Å². The Morgan fingerprint density at radius 1 is 1.54 bits per heavy atom. The molecule has 1 unspecified atom stereocenters. The van der Waals surface area contributed by atoms with E-state index in [2.05, 4.69) is 17.2 Å². The average molecular weight is 179 g/mol. The normalized spacial score (nSPS) is 12.8. The molecule has 3 nitrogen and oxygen atoms in total. The van der Waals surface area contributed by atoms with Crippen LogP contribution in [0.3, 0.4) is 0 Å². The van der Waals surface area contributed by atoms with Crippen LogP contribution in [0.4, 0.5) is 0 Å². The lowest BCUT2D eigenvalue weighted by molar-refractivity contribution is 0.515. The van der Waals surface area contributed by atoms with Crippen molar-refractivity contribution in [2.75, 3.05) is 6.54 Å². The summed E-state index contributed by atoms with van der Waals surface area (Å²) in [5.74, 6) is 0. The summed E-state index contributed by atoms with van der Waals surface area (Å²) in [6.45, 7) is 3.69. The number of aromatic nitrogens is 1. The van der Waals surface area contributed by atoms with Crippen LogP contribution in [0, 0.1) is 0 Å². The number of nitrogens with two attached hydrogens (primary N) is 1. The summed E-state index contributed by atoms with van der Waals surface area (Å²) in [6, 6.07) is 6.40. The number of nitrogens with zero attached hydrogens (tertiary/aromatic N) is 1. The zero-order valence-corrected chi connectivity index (χ0v) is 8.03. The first-order valence-electron chi connectivity index (χ1n) is 4.66. The van der Waals surface area contributed by atoms with Crippen molar-refractivity contribution in [2.45, 2.75) is 25.9 Å². The standard InChI is InChI=1S/C10H17N3/c1-9(5-6-11)13-8-10-4-2-3-7-12-10/h2-4,7,9,13H,5-6,8,11H2,1H3. The fourth-order valence-electron chi connectivity index (χ4n) is 1.13. The highest BCUT2D eigenvalue weighted by molar-refractivity contribution is 5.02. The number of pyridine rings is 1. The summed E-state index contributed by atoms with van der Waals surface area (Å²) >= 11 is 0. The number of rotatable bonds is 5. The SMILES string of the molecule is CC(CCN)NCc1ccccn1. The summed E-state index contributed by atoms with van der Waals surface area (Å²) in [4.78, 5) is 4.22. The molecule has 72 valence electrons. The first-order valence-corrected chi connectivity index (χ1v) is 4.66. The van der Waals surface area contributed by atoms with Crippen molar-refractivity contribution in [1.29, 1.82) is 0 Å². The molecule has 0 bridgehead atoms. The average Bonchev–Trinajstić information content (AvgIpc) is 2.17. The fraction of sp³-hybridized carbons (Fsp3) is 0.500. The van der Waals surface area contributed by atoms with Gasteiger partial charge in [0.2, 0.25) is 0 Å². The topological polar surface area (TPSA) is 50.9 Å². The van der Waals surface area contributed by atoms with Gasteiger partial charge in [0.25, 0.3) is 0 Å². The van der Waals surface area contributed by atoms with E-state index in [1.165, 1.54) is 0 Å². The van der Waals surface area contributed by atoms with Crippen molar-refractivity contribution < 1.29 is 0 Å². The van der Waals surface area contributed by atoms with Gasteiger partial charge in [0.05, 0.1) is 5.69 Å². The Balaban J connectivity index is 2.27. The second-order valence-electron chi connectivity index (χ2n) is 3.18. The lowest BCUT2D eigenvalue weighted by Crippen LogP contribution is -2.28. The van der Waals surface area contributed by atoms with E-state index < -0.39 is 0 Å². The Labute approximate surface area is 79.4 Å². The minimum absolute atomic E-state index is 0.465. The van der Waals surface area contributed by atoms with Crippen LogP contribution in [0.1, 0.15) is 19.0 Å². The van der Waals surface area contributed by atoms with Crippen molar-refractivity contribution in [2.24, 2.45) is 5.73 Å². The highest BCUT2D eigenvalue weighted by Gasteiger charge is 1.99. The van der Waals surface area contributed by atoms with Crippen molar-refractivity contribution in [3.8, 4) is 0 Å². The molecule has 3 heteroatoms. The van der Waals surface area contributed by atoms with Crippen LogP contribution >= 0.6 is 0 Å². The number of nitrogens with one attached hydrogen (secondary N) is 1. The Bertz CT molecular complexity index is 223. The molecule has 13 heavy (non-hydrogen) atoms. The largest absolute Gasteiger partial charge is 0.330 e. The van der Waals surface area contributed by atoms with Gasteiger partial charge < -0.3 is 11.1 Å². The van der Waals surface area contributed by atoms with Gasteiger partial charge in [-0.2, -0.15) is 0 Å². The zero-order chi connectivity index (χ0) is 9.52. The van der Waals surface area contributed by atoms with E-state index in [0.717, 1.165) is 25.2 Å². The van der Waals surface area contributed by atoms with Crippen LogP contribution in [-0.2, 0) is 6.54 Å². The molecule has 0 aliphatic rings. The molecule has 3 N–H and O–H groups in total. The van der Waals surface area contributed by atoms with Crippen LogP contribution in [0.5, 0.6) is 0 Å². The maximum atomic E-state index is 5.44. The fourth-order valence-corrected chi connectivity index (χ4v) is 1.13.